The zero-order chi connectivity index (χ0) is 23.7. The maximum Gasteiger partial charge on any atom is 0.165 e. The van der Waals surface area contributed by atoms with E-state index in [4.69, 9.17) is 4.74 Å². The number of unbranched alkanes of at least 4 members (excludes halogenated alkanes) is 9. The van der Waals surface area contributed by atoms with Crippen LogP contribution in [0.3, 0.4) is 0 Å². The van der Waals surface area contributed by atoms with E-state index in [2.05, 4.69) is 23.8 Å². The summed E-state index contributed by atoms with van der Waals surface area (Å²) in [7, 11) is 0. The highest BCUT2D eigenvalue weighted by Gasteiger charge is 2.11. The number of hydrogen-bond acceptors (Lipinski definition) is 3. The minimum Gasteiger partial charge on any atom is -0.490 e. The van der Waals surface area contributed by atoms with Gasteiger partial charge in [0.2, 0.25) is 0 Å². The molecule has 1 aromatic heterocycles. The largest absolute Gasteiger partial charge is 0.490 e. The van der Waals surface area contributed by atoms with Crippen molar-refractivity contribution in [3.63, 3.8) is 0 Å². The lowest BCUT2D eigenvalue weighted by Gasteiger charge is -2.11. The van der Waals surface area contributed by atoms with Crippen LogP contribution < -0.4 is 4.74 Å². The number of nitrogens with zero attached hydrogens (tertiary/aromatic N) is 2. The van der Waals surface area contributed by atoms with Crippen LogP contribution in [0.1, 0.15) is 103 Å². The fourth-order valence-corrected chi connectivity index (χ4v) is 3.91. The molecule has 0 aliphatic rings. The quantitative estimate of drug-likeness (QED) is 0.209. The first-order valence-electron chi connectivity index (χ1n) is 13.0. The number of rotatable bonds is 18. The SMILES string of the molecule is CCCCCCCCc1cnc(-c2ccc(OCCC(F)CCCCCCC)c(F)c2)nc1. The number of halogens is 2. The summed E-state index contributed by atoms with van der Waals surface area (Å²) in [5.41, 5.74) is 1.72. The summed E-state index contributed by atoms with van der Waals surface area (Å²) in [4.78, 5) is 8.82. The minimum atomic E-state index is -0.891. The van der Waals surface area contributed by atoms with Gasteiger partial charge in [0.1, 0.15) is 6.17 Å². The van der Waals surface area contributed by atoms with Gasteiger partial charge in [0.15, 0.2) is 17.4 Å². The van der Waals surface area contributed by atoms with Crippen LogP contribution in [-0.2, 0) is 6.42 Å². The van der Waals surface area contributed by atoms with Crippen LogP contribution in [-0.4, -0.2) is 22.7 Å². The van der Waals surface area contributed by atoms with Crippen molar-refractivity contribution in [2.45, 2.75) is 110 Å². The Morgan fingerprint density at radius 2 is 1.45 bits per heavy atom. The molecule has 33 heavy (non-hydrogen) atoms. The van der Waals surface area contributed by atoms with E-state index in [0.717, 1.165) is 31.2 Å². The third-order valence-electron chi connectivity index (χ3n) is 6.02. The van der Waals surface area contributed by atoms with E-state index in [-0.39, 0.29) is 18.8 Å². The Morgan fingerprint density at radius 3 is 2.12 bits per heavy atom. The molecule has 0 N–H and O–H groups in total. The lowest BCUT2D eigenvalue weighted by Crippen LogP contribution is -2.08. The van der Waals surface area contributed by atoms with Crippen molar-refractivity contribution < 1.29 is 13.5 Å². The minimum absolute atomic E-state index is 0.147. The van der Waals surface area contributed by atoms with Crippen molar-refractivity contribution in [2.75, 3.05) is 6.61 Å². The molecule has 3 nitrogen and oxygen atoms in total. The van der Waals surface area contributed by atoms with Crippen LogP contribution in [0, 0.1) is 5.82 Å². The third kappa shape index (κ3) is 11.1. The molecule has 0 spiro atoms. The molecule has 0 fully saturated rings. The number of hydrogen-bond donors (Lipinski definition) is 0. The van der Waals surface area contributed by atoms with E-state index in [1.54, 1.807) is 12.1 Å². The van der Waals surface area contributed by atoms with Gasteiger partial charge in [-0.05, 0) is 43.0 Å². The summed E-state index contributed by atoms with van der Waals surface area (Å²) in [6.45, 7) is 4.57. The summed E-state index contributed by atoms with van der Waals surface area (Å²) in [6, 6.07) is 4.72. The molecule has 1 aromatic carbocycles. The molecular weight excluding hydrogens is 418 g/mol. The van der Waals surface area contributed by atoms with E-state index in [1.807, 2.05) is 12.4 Å². The highest BCUT2D eigenvalue weighted by molar-refractivity contribution is 5.56. The van der Waals surface area contributed by atoms with Gasteiger partial charge < -0.3 is 4.74 Å². The first-order valence-corrected chi connectivity index (χ1v) is 13.0. The smallest absolute Gasteiger partial charge is 0.165 e. The van der Waals surface area contributed by atoms with Gasteiger partial charge in [-0.2, -0.15) is 0 Å². The number of aromatic nitrogens is 2. The Labute approximate surface area is 199 Å². The molecular formula is C28H42F2N2O. The topological polar surface area (TPSA) is 35.0 Å². The standard InChI is InChI=1S/C28H42F2N2O/c1-3-5-7-9-11-12-14-23-21-31-28(32-22-23)24-16-17-27(26(30)20-24)33-19-18-25(29)15-13-10-8-6-4-2/h16-17,20-22,25H,3-15,18-19H2,1-2H3. The molecule has 0 aliphatic heterocycles. The maximum absolute atomic E-state index is 14.5. The molecule has 1 atom stereocenters. The van der Waals surface area contributed by atoms with E-state index < -0.39 is 12.0 Å². The molecule has 0 saturated carbocycles. The molecule has 1 unspecified atom stereocenters. The first kappa shape index (κ1) is 27.2. The van der Waals surface area contributed by atoms with Crippen LogP contribution in [0.4, 0.5) is 8.78 Å². The third-order valence-corrected chi connectivity index (χ3v) is 6.02. The van der Waals surface area contributed by atoms with Crippen molar-refractivity contribution >= 4 is 0 Å². The zero-order valence-electron chi connectivity index (χ0n) is 20.6. The van der Waals surface area contributed by atoms with Crippen LogP contribution in [0.2, 0.25) is 0 Å². The second-order valence-electron chi connectivity index (χ2n) is 9.02. The van der Waals surface area contributed by atoms with Crippen molar-refractivity contribution in [1.82, 2.24) is 9.97 Å². The van der Waals surface area contributed by atoms with Gasteiger partial charge in [0.05, 0.1) is 6.61 Å². The van der Waals surface area contributed by atoms with Crippen molar-refractivity contribution in [3.8, 4) is 17.1 Å². The van der Waals surface area contributed by atoms with Gasteiger partial charge in [-0.1, -0.05) is 78.1 Å². The second kappa shape index (κ2) is 16.6. The molecule has 2 rings (SSSR count). The predicted molar refractivity (Wildman–Crippen MR) is 133 cm³/mol. The Kier molecular flexibility index (Phi) is 13.6. The lowest BCUT2D eigenvalue weighted by atomic mass is 10.1. The molecule has 0 radical (unpaired) electrons. The summed E-state index contributed by atoms with van der Waals surface area (Å²) >= 11 is 0. The van der Waals surface area contributed by atoms with E-state index >= 15 is 0 Å². The fraction of sp³-hybridized carbons (Fsp3) is 0.643. The highest BCUT2D eigenvalue weighted by atomic mass is 19.1. The molecule has 5 heteroatoms. The Hall–Kier alpha value is -2.04. The summed E-state index contributed by atoms with van der Waals surface area (Å²) < 4.78 is 34.0. The monoisotopic (exact) mass is 460 g/mol. The number of benzene rings is 1. The van der Waals surface area contributed by atoms with Crippen molar-refractivity contribution in [1.29, 1.82) is 0 Å². The van der Waals surface area contributed by atoms with Crippen LogP contribution in [0.5, 0.6) is 5.75 Å². The molecule has 1 heterocycles. The van der Waals surface area contributed by atoms with Gasteiger partial charge >= 0.3 is 0 Å². The molecule has 0 bridgehead atoms. The number of alkyl halides is 1. The Bertz CT molecular complexity index is 767. The van der Waals surface area contributed by atoms with Crippen LogP contribution in [0.25, 0.3) is 11.4 Å². The highest BCUT2D eigenvalue weighted by Crippen LogP contribution is 2.24. The predicted octanol–water partition coefficient (Wildman–Crippen LogP) is 8.65. The molecule has 0 aliphatic carbocycles. The summed E-state index contributed by atoms with van der Waals surface area (Å²) in [5.74, 6) is 0.176. The second-order valence-corrected chi connectivity index (χ2v) is 9.02. The number of aryl methyl sites for hydroxylation is 1. The van der Waals surface area contributed by atoms with E-state index in [1.165, 1.54) is 57.4 Å². The van der Waals surface area contributed by atoms with Gasteiger partial charge in [-0.3, -0.25) is 0 Å². The van der Waals surface area contributed by atoms with E-state index in [9.17, 15) is 8.78 Å². The van der Waals surface area contributed by atoms with Gasteiger partial charge in [-0.25, -0.2) is 18.7 Å². The average Bonchev–Trinajstić information content (AvgIpc) is 2.82. The average molecular weight is 461 g/mol. The molecule has 0 saturated heterocycles. The summed E-state index contributed by atoms with van der Waals surface area (Å²) in [6.07, 6.45) is 17.7. The normalized spacial score (nSPS) is 12.1. The van der Waals surface area contributed by atoms with Gasteiger partial charge in [-0.15, -0.1) is 0 Å². The molecule has 184 valence electrons. The first-order chi connectivity index (χ1) is 16.1. The number of ether oxygens (including phenoxy) is 1. The fourth-order valence-electron chi connectivity index (χ4n) is 3.91. The van der Waals surface area contributed by atoms with Gasteiger partial charge in [0.25, 0.3) is 0 Å². The van der Waals surface area contributed by atoms with Gasteiger partial charge in [0, 0.05) is 24.4 Å². The molecule has 0 amide bonds. The Balaban J connectivity index is 1.73. The van der Waals surface area contributed by atoms with Crippen LogP contribution in [0.15, 0.2) is 30.6 Å². The van der Waals surface area contributed by atoms with Crippen molar-refractivity contribution in [2.24, 2.45) is 0 Å². The van der Waals surface area contributed by atoms with E-state index in [0.29, 0.717) is 17.8 Å². The summed E-state index contributed by atoms with van der Waals surface area (Å²) in [5, 5.41) is 0. The zero-order valence-corrected chi connectivity index (χ0v) is 20.6. The Morgan fingerprint density at radius 1 is 0.818 bits per heavy atom. The van der Waals surface area contributed by atoms with Crippen LogP contribution >= 0.6 is 0 Å². The van der Waals surface area contributed by atoms with Crippen molar-refractivity contribution in [3.05, 3.63) is 42.0 Å². The maximum atomic E-state index is 14.5. The molecule has 2 aromatic rings. The lowest BCUT2D eigenvalue weighted by molar-refractivity contribution is 0.217.